The number of benzene rings is 1. The van der Waals surface area contributed by atoms with Crippen molar-refractivity contribution in [2.45, 2.75) is 6.92 Å². The topological polar surface area (TPSA) is 86.0 Å². The highest BCUT2D eigenvalue weighted by Crippen LogP contribution is 2.33. The van der Waals surface area contributed by atoms with Gasteiger partial charge in [0.05, 0.1) is 22.9 Å². The van der Waals surface area contributed by atoms with Gasteiger partial charge in [0, 0.05) is 0 Å². The SMILES string of the molecule is CCOc1c(Cl)cc(/C=N\N=C(N)N)cc1Cl. The average molecular weight is 275 g/mol. The van der Waals surface area contributed by atoms with Gasteiger partial charge in [-0.3, -0.25) is 0 Å². The second-order valence-electron chi connectivity index (χ2n) is 3.02. The smallest absolute Gasteiger partial charge is 0.211 e. The molecule has 0 atom stereocenters. The molecule has 5 nitrogen and oxygen atoms in total. The van der Waals surface area contributed by atoms with E-state index in [1.807, 2.05) is 6.92 Å². The number of halogens is 2. The molecule has 0 radical (unpaired) electrons. The van der Waals surface area contributed by atoms with E-state index in [1.165, 1.54) is 6.21 Å². The molecule has 0 aliphatic heterocycles. The van der Waals surface area contributed by atoms with E-state index in [2.05, 4.69) is 10.2 Å². The van der Waals surface area contributed by atoms with Crippen LogP contribution in [0.1, 0.15) is 12.5 Å². The molecule has 0 fully saturated rings. The fourth-order valence-corrected chi connectivity index (χ4v) is 1.71. The van der Waals surface area contributed by atoms with Crippen LogP contribution in [0.15, 0.2) is 22.3 Å². The van der Waals surface area contributed by atoms with E-state index < -0.39 is 0 Å². The Kier molecular flexibility index (Phi) is 5.06. The van der Waals surface area contributed by atoms with Gasteiger partial charge in [-0.05, 0) is 24.6 Å². The minimum Gasteiger partial charge on any atom is -0.491 e. The van der Waals surface area contributed by atoms with Gasteiger partial charge in [0.2, 0.25) is 5.96 Å². The average Bonchev–Trinajstić information content (AvgIpc) is 2.23. The molecule has 0 aliphatic carbocycles. The third-order valence-corrected chi connectivity index (χ3v) is 2.25. The van der Waals surface area contributed by atoms with E-state index in [4.69, 9.17) is 39.4 Å². The van der Waals surface area contributed by atoms with Crippen LogP contribution < -0.4 is 16.2 Å². The third kappa shape index (κ3) is 4.13. The van der Waals surface area contributed by atoms with Crippen LogP contribution >= 0.6 is 23.2 Å². The van der Waals surface area contributed by atoms with Gasteiger partial charge in [-0.2, -0.15) is 5.10 Å². The van der Waals surface area contributed by atoms with Gasteiger partial charge in [0.25, 0.3) is 0 Å². The Morgan fingerprint density at radius 1 is 1.35 bits per heavy atom. The van der Waals surface area contributed by atoms with Gasteiger partial charge >= 0.3 is 0 Å². The molecule has 0 spiro atoms. The molecule has 0 bridgehead atoms. The van der Waals surface area contributed by atoms with Crippen molar-refractivity contribution in [3.8, 4) is 5.75 Å². The van der Waals surface area contributed by atoms with Crippen molar-refractivity contribution in [3.63, 3.8) is 0 Å². The normalized spacial score (nSPS) is 10.5. The largest absolute Gasteiger partial charge is 0.491 e. The number of ether oxygens (including phenoxy) is 1. The standard InChI is InChI=1S/C10H12Cl2N4O/c1-2-17-9-7(11)3-6(4-8(9)12)5-15-16-10(13)14/h3-5H,2H2,1H3,(H4,13,14,16)/b15-5-. The molecule has 1 aromatic rings. The van der Waals surface area contributed by atoms with Crippen molar-refractivity contribution in [1.82, 2.24) is 0 Å². The number of hydrogen-bond donors (Lipinski definition) is 2. The molecular weight excluding hydrogens is 263 g/mol. The number of rotatable bonds is 4. The molecule has 17 heavy (non-hydrogen) atoms. The van der Waals surface area contributed by atoms with Crippen LogP contribution in [-0.4, -0.2) is 18.8 Å². The molecule has 0 amide bonds. The summed E-state index contributed by atoms with van der Waals surface area (Å²) in [7, 11) is 0. The molecule has 92 valence electrons. The summed E-state index contributed by atoms with van der Waals surface area (Å²) in [6.07, 6.45) is 1.44. The van der Waals surface area contributed by atoms with Crippen molar-refractivity contribution >= 4 is 35.4 Å². The lowest BCUT2D eigenvalue weighted by Crippen LogP contribution is -2.21. The van der Waals surface area contributed by atoms with E-state index in [0.29, 0.717) is 28.0 Å². The second-order valence-corrected chi connectivity index (χ2v) is 3.83. The Balaban J connectivity index is 2.98. The number of hydrogen-bond acceptors (Lipinski definition) is 3. The lowest BCUT2D eigenvalue weighted by molar-refractivity contribution is 0.340. The predicted octanol–water partition coefficient (Wildman–Crippen LogP) is 2.00. The molecule has 7 heteroatoms. The van der Waals surface area contributed by atoms with Gasteiger partial charge in [0.15, 0.2) is 5.75 Å². The highest BCUT2D eigenvalue weighted by atomic mass is 35.5. The summed E-state index contributed by atoms with van der Waals surface area (Å²) >= 11 is 12.0. The zero-order valence-electron chi connectivity index (χ0n) is 9.15. The Hall–Kier alpha value is -1.46. The van der Waals surface area contributed by atoms with E-state index in [9.17, 15) is 0 Å². The molecule has 0 heterocycles. The molecule has 0 aliphatic rings. The summed E-state index contributed by atoms with van der Waals surface area (Å²) in [5.74, 6) is 0.333. The van der Waals surface area contributed by atoms with Crippen LogP contribution in [0.3, 0.4) is 0 Å². The summed E-state index contributed by atoms with van der Waals surface area (Å²) < 4.78 is 5.29. The molecule has 4 N–H and O–H groups in total. The van der Waals surface area contributed by atoms with Gasteiger partial charge in [0.1, 0.15) is 0 Å². The van der Waals surface area contributed by atoms with Crippen LogP contribution in [0.5, 0.6) is 5.75 Å². The van der Waals surface area contributed by atoms with Gasteiger partial charge in [-0.25, -0.2) is 0 Å². The predicted molar refractivity (Wildman–Crippen MR) is 71.0 cm³/mol. The number of nitrogens with zero attached hydrogens (tertiary/aromatic N) is 2. The molecule has 0 aromatic heterocycles. The minimum atomic E-state index is -0.121. The van der Waals surface area contributed by atoms with Crippen LogP contribution in [0.2, 0.25) is 10.0 Å². The van der Waals surface area contributed by atoms with Gasteiger partial charge in [-0.15, -0.1) is 5.10 Å². The molecule has 1 rings (SSSR count). The fraction of sp³-hybridized carbons (Fsp3) is 0.200. The zero-order valence-corrected chi connectivity index (χ0v) is 10.7. The molecule has 0 unspecified atom stereocenters. The van der Waals surface area contributed by atoms with Gasteiger partial charge in [-0.1, -0.05) is 23.2 Å². The van der Waals surface area contributed by atoms with Crippen LogP contribution in [0, 0.1) is 0 Å². The van der Waals surface area contributed by atoms with E-state index in [0.717, 1.165) is 0 Å². The maximum Gasteiger partial charge on any atom is 0.211 e. The Morgan fingerprint density at radius 3 is 2.41 bits per heavy atom. The highest BCUT2D eigenvalue weighted by Gasteiger charge is 2.08. The maximum absolute atomic E-state index is 6.00. The summed E-state index contributed by atoms with van der Waals surface area (Å²) in [4.78, 5) is 0. The monoisotopic (exact) mass is 274 g/mol. The molecule has 1 aromatic carbocycles. The number of nitrogens with two attached hydrogens (primary N) is 2. The third-order valence-electron chi connectivity index (χ3n) is 1.69. The lowest BCUT2D eigenvalue weighted by Gasteiger charge is -2.08. The quantitative estimate of drug-likeness (QED) is 0.500. The van der Waals surface area contributed by atoms with E-state index in [1.54, 1.807) is 12.1 Å². The van der Waals surface area contributed by atoms with Crippen molar-refractivity contribution in [2.24, 2.45) is 21.7 Å². The van der Waals surface area contributed by atoms with E-state index >= 15 is 0 Å². The first-order valence-electron chi connectivity index (χ1n) is 4.78. The first kappa shape index (κ1) is 13.6. The molecule has 0 saturated carbocycles. The van der Waals surface area contributed by atoms with Gasteiger partial charge < -0.3 is 16.2 Å². The van der Waals surface area contributed by atoms with Crippen molar-refractivity contribution < 1.29 is 4.74 Å². The van der Waals surface area contributed by atoms with Crippen LogP contribution in [0.4, 0.5) is 0 Å². The summed E-state index contributed by atoms with van der Waals surface area (Å²) in [5.41, 5.74) is 10.9. The fourth-order valence-electron chi connectivity index (χ4n) is 1.10. The Morgan fingerprint density at radius 2 is 1.94 bits per heavy atom. The highest BCUT2D eigenvalue weighted by molar-refractivity contribution is 6.37. The summed E-state index contributed by atoms with van der Waals surface area (Å²) in [6, 6.07) is 3.31. The first-order chi connectivity index (χ1) is 8.04. The lowest BCUT2D eigenvalue weighted by atomic mass is 10.2. The first-order valence-corrected chi connectivity index (χ1v) is 5.54. The van der Waals surface area contributed by atoms with Crippen molar-refractivity contribution in [2.75, 3.05) is 6.61 Å². The van der Waals surface area contributed by atoms with Crippen molar-refractivity contribution in [1.29, 1.82) is 0 Å². The maximum atomic E-state index is 6.00. The second kappa shape index (κ2) is 6.32. The Bertz CT molecular complexity index is 433. The zero-order chi connectivity index (χ0) is 12.8. The minimum absolute atomic E-state index is 0.121. The van der Waals surface area contributed by atoms with E-state index in [-0.39, 0.29) is 5.96 Å². The molecular formula is C10H12Cl2N4O. The summed E-state index contributed by atoms with van der Waals surface area (Å²) in [6.45, 7) is 2.33. The van der Waals surface area contributed by atoms with Crippen LogP contribution in [0.25, 0.3) is 0 Å². The molecule has 0 saturated heterocycles. The Labute approximate surface area is 109 Å². The summed E-state index contributed by atoms with van der Waals surface area (Å²) in [5, 5.41) is 7.93. The number of guanidine groups is 1. The van der Waals surface area contributed by atoms with Crippen molar-refractivity contribution in [3.05, 3.63) is 27.7 Å². The van der Waals surface area contributed by atoms with Crippen LogP contribution in [-0.2, 0) is 0 Å².